The number of nitrogens with zero attached hydrogens (tertiary/aromatic N) is 2. The molecule has 31 heavy (non-hydrogen) atoms. The highest BCUT2D eigenvalue weighted by Gasteiger charge is 2.44. The van der Waals surface area contributed by atoms with Crippen LogP contribution in [0, 0.1) is 0 Å². The van der Waals surface area contributed by atoms with Crippen molar-refractivity contribution in [1.29, 1.82) is 0 Å². The van der Waals surface area contributed by atoms with E-state index >= 15 is 0 Å². The summed E-state index contributed by atoms with van der Waals surface area (Å²) in [5.41, 5.74) is 2.55. The molecule has 2 aliphatic rings. The van der Waals surface area contributed by atoms with E-state index in [4.69, 9.17) is 4.18 Å². The Labute approximate surface area is 181 Å². The van der Waals surface area contributed by atoms with Crippen molar-refractivity contribution < 1.29 is 22.8 Å². The van der Waals surface area contributed by atoms with Crippen molar-refractivity contribution in [3.8, 4) is 0 Å². The smallest absolute Gasteiger partial charge is 0.335 e. The van der Waals surface area contributed by atoms with Gasteiger partial charge in [0.05, 0.1) is 12.1 Å². The Hall–Kier alpha value is -2.31. The fourth-order valence-electron chi connectivity index (χ4n) is 4.31. The summed E-state index contributed by atoms with van der Waals surface area (Å²) in [6.07, 6.45) is -1.02. The van der Waals surface area contributed by atoms with E-state index in [1.54, 1.807) is 12.3 Å². The zero-order valence-corrected chi connectivity index (χ0v) is 18.1. The lowest BCUT2D eigenvalue weighted by molar-refractivity contribution is -0.00882. The minimum absolute atomic E-state index is 0.0868. The molecule has 1 aromatic heterocycles. The third-order valence-electron chi connectivity index (χ3n) is 5.91. The van der Waals surface area contributed by atoms with Gasteiger partial charge in [0.15, 0.2) is 0 Å². The van der Waals surface area contributed by atoms with Crippen LogP contribution in [0.2, 0.25) is 0 Å². The number of rotatable bonds is 7. The van der Waals surface area contributed by atoms with E-state index in [9.17, 15) is 18.6 Å². The van der Waals surface area contributed by atoms with Crippen LogP contribution in [0.15, 0.2) is 36.5 Å². The number of aliphatic hydroxyl groups excluding tert-OH is 2. The Morgan fingerprint density at radius 2 is 1.81 bits per heavy atom. The Bertz CT molecular complexity index is 1040. The zero-order chi connectivity index (χ0) is 22.2. The lowest BCUT2D eigenvalue weighted by atomic mass is 10.0. The van der Waals surface area contributed by atoms with Crippen molar-refractivity contribution in [2.24, 2.45) is 0 Å². The van der Waals surface area contributed by atoms with Crippen LogP contribution in [0.4, 0.5) is 11.8 Å². The van der Waals surface area contributed by atoms with Gasteiger partial charge in [0.2, 0.25) is 5.95 Å². The summed E-state index contributed by atoms with van der Waals surface area (Å²) < 4.78 is 30.2. The predicted molar refractivity (Wildman–Crippen MR) is 115 cm³/mol. The fourth-order valence-corrected chi connectivity index (χ4v) is 4.93. The molecule has 0 bridgehead atoms. The standard InChI is InChI=1S/C20H27N5O5S/c1-11-9-14(13-6-4-3-5-12(11)13)24-20-22-8-7-17(25-20)23-15-10-16(19(27)18(15)26)30-31(28,29)21-2/h3-8,11,14-16,18-19,21,26-27H,9-10H2,1-2H3,(H2,22,23,24,25)/t11?,14?,15-,16-,18+,19+/m1/s1. The Kier molecular flexibility index (Phi) is 6.13. The van der Waals surface area contributed by atoms with Gasteiger partial charge in [-0.1, -0.05) is 31.2 Å². The maximum absolute atomic E-state index is 11.6. The molecule has 0 saturated heterocycles. The molecule has 2 unspecified atom stereocenters. The van der Waals surface area contributed by atoms with Crippen LogP contribution in [-0.2, 0) is 14.5 Å². The molecule has 2 aromatic rings. The molecule has 0 amide bonds. The largest absolute Gasteiger partial charge is 0.388 e. The van der Waals surface area contributed by atoms with Crippen molar-refractivity contribution >= 4 is 22.1 Å². The summed E-state index contributed by atoms with van der Waals surface area (Å²) >= 11 is 0. The van der Waals surface area contributed by atoms with Crippen molar-refractivity contribution in [2.75, 3.05) is 17.7 Å². The molecule has 1 saturated carbocycles. The summed E-state index contributed by atoms with van der Waals surface area (Å²) in [7, 11) is -2.78. The van der Waals surface area contributed by atoms with E-state index in [1.165, 1.54) is 18.2 Å². The van der Waals surface area contributed by atoms with E-state index in [0.717, 1.165) is 6.42 Å². The summed E-state index contributed by atoms with van der Waals surface area (Å²) in [5.74, 6) is 1.33. The van der Waals surface area contributed by atoms with Gasteiger partial charge < -0.3 is 20.8 Å². The van der Waals surface area contributed by atoms with Crippen molar-refractivity contribution in [2.45, 2.75) is 56.1 Å². The second kappa shape index (κ2) is 8.67. The van der Waals surface area contributed by atoms with E-state index in [2.05, 4.69) is 39.7 Å². The molecule has 10 nitrogen and oxygen atoms in total. The molecule has 11 heteroatoms. The van der Waals surface area contributed by atoms with Crippen LogP contribution in [0.25, 0.3) is 0 Å². The van der Waals surface area contributed by atoms with Gasteiger partial charge in [-0.3, -0.25) is 4.18 Å². The normalized spacial score (nSPS) is 30.2. The third-order valence-corrected chi connectivity index (χ3v) is 6.91. The van der Waals surface area contributed by atoms with Crippen LogP contribution < -0.4 is 15.4 Å². The minimum atomic E-state index is -3.99. The number of anilines is 2. The number of aliphatic hydroxyl groups is 2. The first-order valence-corrected chi connectivity index (χ1v) is 11.6. The molecule has 2 aliphatic carbocycles. The highest BCUT2D eigenvalue weighted by molar-refractivity contribution is 7.84. The summed E-state index contributed by atoms with van der Waals surface area (Å²) in [5, 5.41) is 26.9. The van der Waals surface area contributed by atoms with Crippen molar-refractivity contribution in [3.63, 3.8) is 0 Å². The van der Waals surface area contributed by atoms with E-state index in [0.29, 0.717) is 17.7 Å². The monoisotopic (exact) mass is 449 g/mol. The number of aromatic nitrogens is 2. The second-order valence-electron chi connectivity index (χ2n) is 7.99. The van der Waals surface area contributed by atoms with Crippen LogP contribution >= 0.6 is 0 Å². The van der Waals surface area contributed by atoms with Gasteiger partial charge >= 0.3 is 10.3 Å². The molecule has 5 N–H and O–H groups in total. The molecule has 1 aromatic carbocycles. The van der Waals surface area contributed by atoms with Gasteiger partial charge in [-0.15, -0.1) is 0 Å². The fraction of sp³-hybridized carbons (Fsp3) is 0.500. The Morgan fingerprint density at radius 1 is 1.06 bits per heavy atom. The topological polar surface area (TPSA) is 146 Å². The summed E-state index contributed by atoms with van der Waals surface area (Å²) in [6.45, 7) is 2.19. The second-order valence-corrected chi connectivity index (χ2v) is 9.50. The summed E-state index contributed by atoms with van der Waals surface area (Å²) in [4.78, 5) is 8.77. The summed E-state index contributed by atoms with van der Waals surface area (Å²) in [6, 6.07) is 9.41. The first-order chi connectivity index (χ1) is 14.8. The number of hydrogen-bond acceptors (Lipinski definition) is 9. The SMILES string of the molecule is CNS(=O)(=O)O[C@@H]1C[C@@H](Nc2ccnc(NC3CC(C)c4ccccc43)n2)[C@H](O)[C@H]1O. The van der Waals surface area contributed by atoms with E-state index in [1.807, 2.05) is 16.9 Å². The van der Waals surface area contributed by atoms with Crippen LogP contribution in [0.3, 0.4) is 0 Å². The average molecular weight is 450 g/mol. The van der Waals surface area contributed by atoms with Gasteiger partial charge in [0, 0.05) is 19.7 Å². The number of fused-ring (bicyclic) bond motifs is 1. The van der Waals surface area contributed by atoms with Crippen LogP contribution in [0.1, 0.15) is 42.9 Å². The molecule has 0 radical (unpaired) electrons. The van der Waals surface area contributed by atoms with Crippen LogP contribution in [0.5, 0.6) is 0 Å². The lowest BCUT2D eigenvalue weighted by Crippen LogP contribution is -2.38. The third kappa shape index (κ3) is 4.65. The molecule has 1 fully saturated rings. The molecule has 6 atom stereocenters. The molecule has 0 aliphatic heterocycles. The number of nitrogens with one attached hydrogen (secondary N) is 3. The zero-order valence-electron chi connectivity index (χ0n) is 17.3. The Balaban J connectivity index is 1.44. The molecular formula is C20H27N5O5S. The molecular weight excluding hydrogens is 422 g/mol. The van der Waals surface area contributed by atoms with Gasteiger partial charge in [-0.2, -0.15) is 18.1 Å². The molecule has 0 spiro atoms. The lowest BCUT2D eigenvalue weighted by Gasteiger charge is -2.19. The molecule has 1 heterocycles. The van der Waals surface area contributed by atoms with E-state index in [-0.39, 0.29) is 12.5 Å². The molecule has 4 rings (SSSR count). The number of benzene rings is 1. The highest BCUT2D eigenvalue weighted by Crippen LogP contribution is 2.41. The van der Waals surface area contributed by atoms with Gasteiger partial charge in [0.25, 0.3) is 0 Å². The maximum atomic E-state index is 11.6. The first kappa shape index (κ1) is 21.9. The van der Waals surface area contributed by atoms with E-state index < -0.39 is 34.7 Å². The quantitative estimate of drug-likeness (QED) is 0.416. The van der Waals surface area contributed by atoms with Crippen LogP contribution in [-0.4, -0.2) is 60.0 Å². The minimum Gasteiger partial charge on any atom is -0.388 e. The molecule has 168 valence electrons. The van der Waals surface area contributed by atoms with Crippen molar-refractivity contribution in [1.82, 2.24) is 14.7 Å². The highest BCUT2D eigenvalue weighted by atomic mass is 32.2. The Morgan fingerprint density at radius 3 is 2.55 bits per heavy atom. The van der Waals surface area contributed by atoms with Crippen molar-refractivity contribution in [3.05, 3.63) is 47.7 Å². The number of hydrogen-bond donors (Lipinski definition) is 5. The first-order valence-electron chi connectivity index (χ1n) is 10.2. The predicted octanol–water partition coefficient (Wildman–Crippen LogP) is 0.892. The van der Waals surface area contributed by atoms with Gasteiger partial charge in [0.1, 0.15) is 24.1 Å². The van der Waals surface area contributed by atoms with Gasteiger partial charge in [-0.25, -0.2) is 4.98 Å². The maximum Gasteiger partial charge on any atom is 0.335 e. The average Bonchev–Trinajstić information content (AvgIpc) is 3.20. The van der Waals surface area contributed by atoms with Gasteiger partial charge in [-0.05, 0) is 29.5 Å².